The Kier molecular flexibility index (Phi) is 5.57. The Balaban J connectivity index is 2.15. The predicted octanol–water partition coefficient (Wildman–Crippen LogP) is 4.87. The quantitative estimate of drug-likeness (QED) is 0.796. The number of halogens is 1. The first-order valence-corrected chi connectivity index (χ1v) is 8.99. The smallest absolute Gasteiger partial charge is 0.0947 e. The minimum Gasteiger partial charge on any atom is -0.309 e. The van der Waals surface area contributed by atoms with Crippen LogP contribution in [0.2, 0.25) is 0 Å². The zero-order valence-electron chi connectivity index (χ0n) is 11.5. The zero-order chi connectivity index (χ0) is 13.8. The van der Waals surface area contributed by atoms with Gasteiger partial charge in [0.15, 0.2) is 0 Å². The van der Waals surface area contributed by atoms with Crippen molar-refractivity contribution >= 4 is 38.6 Å². The molecule has 2 nitrogen and oxygen atoms in total. The van der Waals surface area contributed by atoms with Crippen LogP contribution in [0.15, 0.2) is 15.2 Å². The Morgan fingerprint density at radius 1 is 1.42 bits per heavy atom. The lowest BCUT2D eigenvalue weighted by Crippen LogP contribution is -2.23. The van der Waals surface area contributed by atoms with Crippen LogP contribution in [0.4, 0.5) is 0 Å². The van der Waals surface area contributed by atoms with E-state index in [9.17, 15) is 0 Å². The summed E-state index contributed by atoms with van der Waals surface area (Å²) < 4.78 is 1.24. The van der Waals surface area contributed by atoms with Gasteiger partial charge >= 0.3 is 0 Å². The van der Waals surface area contributed by atoms with Crippen LogP contribution >= 0.6 is 38.6 Å². The van der Waals surface area contributed by atoms with Crippen LogP contribution < -0.4 is 5.32 Å². The molecule has 1 N–H and O–H groups in total. The van der Waals surface area contributed by atoms with Gasteiger partial charge in [0.2, 0.25) is 0 Å². The molecular weight excluding hydrogens is 340 g/mol. The maximum Gasteiger partial charge on any atom is 0.0947 e. The van der Waals surface area contributed by atoms with Crippen LogP contribution in [0, 0.1) is 13.8 Å². The van der Waals surface area contributed by atoms with Crippen LogP contribution in [-0.2, 0) is 6.42 Å². The molecule has 2 aromatic heterocycles. The summed E-state index contributed by atoms with van der Waals surface area (Å²) in [5.74, 6) is 0. The largest absolute Gasteiger partial charge is 0.309 e. The summed E-state index contributed by atoms with van der Waals surface area (Å²) in [7, 11) is 0. The molecule has 0 aliphatic carbocycles. The first-order chi connectivity index (χ1) is 9.10. The van der Waals surface area contributed by atoms with Crippen molar-refractivity contribution in [3.63, 3.8) is 0 Å². The number of nitrogens with one attached hydrogen (secondary N) is 1. The van der Waals surface area contributed by atoms with Gasteiger partial charge in [0.25, 0.3) is 0 Å². The average Bonchev–Trinajstić information content (AvgIpc) is 2.92. The number of thiophene rings is 1. The van der Waals surface area contributed by atoms with E-state index in [4.69, 9.17) is 0 Å². The fourth-order valence-electron chi connectivity index (χ4n) is 1.92. The molecule has 0 aliphatic heterocycles. The second kappa shape index (κ2) is 6.97. The van der Waals surface area contributed by atoms with Gasteiger partial charge in [0, 0.05) is 28.4 Å². The summed E-state index contributed by atoms with van der Waals surface area (Å²) in [5, 5.41) is 6.98. The standard InChI is InChI=1S/C14H19BrN2S2/c1-4-5-16-11(7-13-17-10(3)8-18-13)12-6-9(2)14(15)19-12/h6,8,11,16H,4-5,7H2,1-3H3. The van der Waals surface area contributed by atoms with Crippen LogP contribution in [0.3, 0.4) is 0 Å². The van der Waals surface area contributed by atoms with Gasteiger partial charge in [-0.1, -0.05) is 6.92 Å². The minimum absolute atomic E-state index is 0.375. The molecule has 0 radical (unpaired) electrons. The van der Waals surface area contributed by atoms with Crippen LogP contribution in [0.1, 0.15) is 40.5 Å². The lowest BCUT2D eigenvalue weighted by molar-refractivity contribution is 0.535. The SMILES string of the molecule is CCCNC(Cc1nc(C)cs1)c1cc(C)c(Br)s1. The molecule has 1 unspecified atom stereocenters. The number of rotatable bonds is 6. The van der Waals surface area contributed by atoms with E-state index in [1.807, 2.05) is 11.3 Å². The number of aromatic nitrogens is 1. The lowest BCUT2D eigenvalue weighted by atomic mass is 10.1. The fraction of sp³-hybridized carbons (Fsp3) is 0.500. The highest BCUT2D eigenvalue weighted by molar-refractivity contribution is 9.11. The molecule has 19 heavy (non-hydrogen) atoms. The fourth-order valence-corrected chi connectivity index (χ4v) is 4.38. The predicted molar refractivity (Wildman–Crippen MR) is 88.3 cm³/mol. The molecule has 2 aromatic rings. The second-order valence-corrected chi connectivity index (χ2v) is 8.04. The van der Waals surface area contributed by atoms with E-state index in [0.29, 0.717) is 6.04 Å². The van der Waals surface area contributed by atoms with Gasteiger partial charge in [0.05, 0.1) is 8.79 Å². The first kappa shape index (κ1) is 15.2. The van der Waals surface area contributed by atoms with Crippen LogP contribution in [-0.4, -0.2) is 11.5 Å². The van der Waals surface area contributed by atoms with Crippen molar-refractivity contribution < 1.29 is 0 Å². The van der Waals surface area contributed by atoms with Crippen molar-refractivity contribution in [3.05, 3.63) is 36.4 Å². The molecule has 104 valence electrons. The number of hydrogen-bond donors (Lipinski definition) is 1. The molecular formula is C14H19BrN2S2. The highest BCUT2D eigenvalue weighted by atomic mass is 79.9. The normalized spacial score (nSPS) is 12.8. The summed E-state index contributed by atoms with van der Waals surface area (Å²) in [6, 6.07) is 2.66. The lowest BCUT2D eigenvalue weighted by Gasteiger charge is -2.15. The summed E-state index contributed by atoms with van der Waals surface area (Å²) in [5.41, 5.74) is 2.44. The molecule has 0 saturated carbocycles. The van der Waals surface area contributed by atoms with Gasteiger partial charge < -0.3 is 5.32 Å². The molecule has 0 amide bonds. The topological polar surface area (TPSA) is 24.9 Å². The summed E-state index contributed by atoms with van der Waals surface area (Å²) in [6.07, 6.45) is 2.13. The number of hydrogen-bond acceptors (Lipinski definition) is 4. The number of nitrogens with zero attached hydrogens (tertiary/aromatic N) is 1. The maximum atomic E-state index is 4.58. The Morgan fingerprint density at radius 2 is 2.21 bits per heavy atom. The van der Waals surface area contributed by atoms with Crippen LogP contribution in [0.5, 0.6) is 0 Å². The molecule has 2 rings (SSSR count). The molecule has 0 fully saturated rings. The van der Waals surface area contributed by atoms with Crippen LogP contribution in [0.25, 0.3) is 0 Å². The first-order valence-electron chi connectivity index (χ1n) is 6.50. The van der Waals surface area contributed by atoms with E-state index in [-0.39, 0.29) is 0 Å². The third-order valence-electron chi connectivity index (χ3n) is 2.91. The number of thiazole rings is 1. The van der Waals surface area contributed by atoms with Gasteiger partial charge in [0.1, 0.15) is 0 Å². The number of aryl methyl sites for hydroxylation is 2. The average molecular weight is 359 g/mol. The zero-order valence-corrected chi connectivity index (χ0v) is 14.7. The van der Waals surface area contributed by atoms with Crippen molar-refractivity contribution in [2.75, 3.05) is 6.54 Å². The molecule has 0 saturated heterocycles. The third-order valence-corrected chi connectivity index (χ3v) is 6.15. The van der Waals surface area contributed by atoms with Crippen molar-refractivity contribution in [2.24, 2.45) is 0 Å². The van der Waals surface area contributed by atoms with Gasteiger partial charge in [-0.05, 0) is 54.4 Å². The monoisotopic (exact) mass is 358 g/mol. The second-order valence-electron chi connectivity index (χ2n) is 4.70. The van der Waals surface area contributed by atoms with Crippen molar-refractivity contribution in [2.45, 2.75) is 39.7 Å². The van der Waals surface area contributed by atoms with E-state index in [1.54, 1.807) is 11.3 Å². The summed E-state index contributed by atoms with van der Waals surface area (Å²) >= 11 is 7.21. The third kappa shape index (κ3) is 4.12. The van der Waals surface area contributed by atoms with Gasteiger partial charge in [-0.25, -0.2) is 4.98 Å². The maximum absolute atomic E-state index is 4.58. The summed E-state index contributed by atoms with van der Waals surface area (Å²) in [6.45, 7) is 7.45. The molecule has 0 spiro atoms. The van der Waals surface area contributed by atoms with Gasteiger partial charge in [-0.3, -0.25) is 0 Å². The van der Waals surface area contributed by atoms with E-state index < -0.39 is 0 Å². The highest BCUT2D eigenvalue weighted by Crippen LogP contribution is 2.33. The molecule has 0 aliphatic rings. The molecule has 0 aromatic carbocycles. The van der Waals surface area contributed by atoms with E-state index in [2.05, 4.69) is 58.4 Å². The van der Waals surface area contributed by atoms with Crippen molar-refractivity contribution in [3.8, 4) is 0 Å². The van der Waals surface area contributed by atoms with Gasteiger partial charge in [-0.15, -0.1) is 22.7 Å². The van der Waals surface area contributed by atoms with Crippen molar-refractivity contribution in [1.29, 1.82) is 0 Å². The Bertz CT molecular complexity index is 514. The molecule has 5 heteroatoms. The Morgan fingerprint density at radius 3 is 2.74 bits per heavy atom. The summed E-state index contributed by atoms with van der Waals surface area (Å²) in [4.78, 5) is 5.98. The Hall–Kier alpha value is -0.230. The highest BCUT2D eigenvalue weighted by Gasteiger charge is 2.16. The Labute approximate surface area is 131 Å². The van der Waals surface area contributed by atoms with Crippen molar-refractivity contribution in [1.82, 2.24) is 10.3 Å². The minimum atomic E-state index is 0.375. The molecule has 2 heterocycles. The van der Waals surface area contributed by atoms with Gasteiger partial charge in [-0.2, -0.15) is 0 Å². The molecule has 0 bridgehead atoms. The van der Waals surface area contributed by atoms with E-state index in [1.165, 1.54) is 19.2 Å². The molecule has 1 atom stereocenters. The van der Waals surface area contributed by atoms with E-state index >= 15 is 0 Å². The van der Waals surface area contributed by atoms with E-state index in [0.717, 1.165) is 25.1 Å².